The second-order valence-corrected chi connectivity index (χ2v) is 8.54. The van der Waals surface area contributed by atoms with Gasteiger partial charge in [0.1, 0.15) is 5.51 Å². The fourth-order valence-electron chi connectivity index (χ4n) is 4.57. The predicted octanol–water partition coefficient (Wildman–Crippen LogP) is 1.73. The number of hydrogen-bond acceptors (Lipinski definition) is 7. The zero-order valence-corrected chi connectivity index (χ0v) is 16.6. The number of aromatic nitrogens is 4. The average Bonchev–Trinajstić information content (AvgIpc) is 3.49. The first-order valence-electron chi connectivity index (χ1n) is 9.78. The highest BCUT2D eigenvalue weighted by atomic mass is 32.1. The van der Waals surface area contributed by atoms with E-state index in [1.807, 2.05) is 30.5 Å². The number of carbonyl (C=O) groups is 1. The van der Waals surface area contributed by atoms with Crippen molar-refractivity contribution in [1.82, 2.24) is 25.3 Å². The first kappa shape index (κ1) is 18.3. The normalized spacial score (nSPS) is 26.3. The molecular weight excluding hydrogens is 388 g/mol. The number of aliphatic hydroxyl groups excluding tert-OH is 1. The van der Waals surface area contributed by atoms with Crippen LogP contribution in [0.25, 0.3) is 5.69 Å². The third-order valence-electron chi connectivity index (χ3n) is 5.98. The van der Waals surface area contributed by atoms with Crippen LogP contribution in [0.5, 0.6) is 0 Å². The molecule has 0 radical (unpaired) electrons. The van der Waals surface area contributed by atoms with Crippen molar-refractivity contribution >= 4 is 22.4 Å². The molecule has 4 atom stereocenters. The number of carbonyl (C=O) groups excluding carboxylic acids is 1. The molecule has 150 valence electrons. The van der Waals surface area contributed by atoms with Gasteiger partial charge in [0.2, 0.25) is 5.13 Å². The Bertz CT molecular complexity index is 977. The van der Waals surface area contributed by atoms with Gasteiger partial charge in [0.25, 0.3) is 5.91 Å². The van der Waals surface area contributed by atoms with Crippen molar-refractivity contribution < 1.29 is 9.90 Å². The molecule has 2 aromatic heterocycles. The lowest BCUT2D eigenvalue weighted by Gasteiger charge is -2.35. The standard InChI is InChI=1S/C20H22N6O2S/c27-18-9-14-11-25(20-24-21-12-29-20)10-13(14)8-16(18)23-19(28)15-4-1-2-5-17(15)26-7-3-6-22-26/h1-7,12-14,16,18,27H,8-11H2,(H,23,28)/t13-,14+,16-,18-/m0/s1. The summed E-state index contributed by atoms with van der Waals surface area (Å²) in [6, 6.07) is 8.94. The van der Waals surface area contributed by atoms with E-state index in [9.17, 15) is 9.90 Å². The van der Waals surface area contributed by atoms with Gasteiger partial charge in [-0.2, -0.15) is 5.10 Å². The highest BCUT2D eigenvalue weighted by Gasteiger charge is 2.43. The molecule has 1 saturated carbocycles. The zero-order valence-electron chi connectivity index (χ0n) is 15.8. The lowest BCUT2D eigenvalue weighted by molar-refractivity contribution is 0.0462. The van der Waals surface area contributed by atoms with Gasteiger partial charge < -0.3 is 15.3 Å². The lowest BCUT2D eigenvalue weighted by atomic mass is 9.77. The van der Waals surface area contributed by atoms with Crippen LogP contribution in [0.15, 0.2) is 48.2 Å². The van der Waals surface area contributed by atoms with E-state index in [4.69, 9.17) is 0 Å². The summed E-state index contributed by atoms with van der Waals surface area (Å²) in [5.74, 6) is 0.657. The summed E-state index contributed by atoms with van der Waals surface area (Å²) >= 11 is 1.54. The number of nitrogens with one attached hydrogen (secondary N) is 1. The summed E-state index contributed by atoms with van der Waals surface area (Å²) in [6.07, 6.45) is 4.39. The van der Waals surface area contributed by atoms with E-state index >= 15 is 0 Å². The highest BCUT2D eigenvalue weighted by Crippen LogP contribution is 2.38. The molecule has 8 nitrogen and oxygen atoms in total. The summed E-state index contributed by atoms with van der Waals surface area (Å²) in [5.41, 5.74) is 3.01. The summed E-state index contributed by atoms with van der Waals surface area (Å²) in [7, 11) is 0. The SMILES string of the molecule is O=C(N[C@H]1C[C@H]2CN(c3nncs3)C[C@H]2C[C@@H]1O)c1ccccc1-n1cccn1. The Morgan fingerprint density at radius 3 is 2.76 bits per heavy atom. The van der Waals surface area contributed by atoms with Gasteiger partial charge in [0, 0.05) is 25.5 Å². The minimum atomic E-state index is -0.550. The van der Waals surface area contributed by atoms with Gasteiger partial charge in [-0.25, -0.2) is 4.68 Å². The van der Waals surface area contributed by atoms with Crippen molar-refractivity contribution in [3.05, 3.63) is 53.8 Å². The van der Waals surface area contributed by atoms with Gasteiger partial charge in [-0.05, 0) is 42.9 Å². The average molecular weight is 411 g/mol. The van der Waals surface area contributed by atoms with Crippen LogP contribution in [0, 0.1) is 11.8 Å². The van der Waals surface area contributed by atoms with Crippen molar-refractivity contribution in [2.75, 3.05) is 18.0 Å². The Labute approximate surface area is 172 Å². The summed E-state index contributed by atoms with van der Waals surface area (Å²) in [4.78, 5) is 15.3. The number of amides is 1. The molecule has 0 bridgehead atoms. The van der Waals surface area contributed by atoms with Crippen LogP contribution in [0.3, 0.4) is 0 Å². The van der Waals surface area contributed by atoms with Gasteiger partial charge in [-0.15, -0.1) is 10.2 Å². The first-order valence-corrected chi connectivity index (χ1v) is 10.7. The Hall–Kier alpha value is -2.78. The quantitative estimate of drug-likeness (QED) is 0.680. The van der Waals surface area contributed by atoms with Gasteiger partial charge in [0.05, 0.1) is 23.4 Å². The van der Waals surface area contributed by atoms with E-state index in [1.165, 1.54) is 11.3 Å². The molecule has 3 heterocycles. The highest BCUT2D eigenvalue weighted by molar-refractivity contribution is 7.13. The largest absolute Gasteiger partial charge is 0.391 e. The van der Waals surface area contributed by atoms with E-state index in [-0.39, 0.29) is 11.9 Å². The van der Waals surface area contributed by atoms with E-state index in [2.05, 4.69) is 25.5 Å². The molecule has 29 heavy (non-hydrogen) atoms. The molecule has 0 unspecified atom stereocenters. The second-order valence-electron chi connectivity index (χ2n) is 7.73. The molecule has 1 amide bonds. The topological polar surface area (TPSA) is 96.2 Å². The molecule has 1 aliphatic carbocycles. The minimum absolute atomic E-state index is 0.183. The maximum atomic E-state index is 13.0. The minimum Gasteiger partial charge on any atom is -0.391 e. The molecule has 5 rings (SSSR count). The number of nitrogens with zero attached hydrogens (tertiary/aromatic N) is 5. The number of rotatable bonds is 4. The Morgan fingerprint density at radius 1 is 1.17 bits per heavy atom. The number of anilines is 1. The third kappa shape index (κ3) is 3.51. The summed E-state index contributed by atoms with van der Waals surface area (Å²) < 4.78 is 1.68. The Kier molecular flexibility index (Phi) is 4.76. The molecule has 2 aliphatic rings. The molecule has 2 N–H and O–H groups in total. The monoisotopic (exact) mass is 410 g/mol. The smallest absolute Gasteiger partial charge is 0.253 e. The van der Waals surface area contributed by atoms with Crippen molar-refractivity contribution in [2.24, 2.45) is 11.8 Å². The molecule has 3 aromatic rings. The number of fused-ring (bicyclic) bond motifs is 1. The molecule has 2 fully saturated rings. The number of hydrogen-bond donors (Lipinski definition) is 2. The predicted molar refractivity (Wildman–Crippen MR) is 109 cm³/mol. The molecule has 0 spiro atoms. The van der Waals surface area contributed by atoms with Crippen LogP contribution in [0.4, 0.5) is 5.13 Å². The molecular formula is C20H22N6O2S. The van der Waals surface area contributed by atoms with Gasteiger partial charge >= 0.3 is 0 Å². The van der Waals surface area contributed by atoms with Crippen molar-refractivity contribution in [3.8, 4) is 5.69 Å². The van der Waals surface area contributed by atoms with Crippen LogP contribution in [-0.2, 0) is 0 Å². The number of benzene rings is 1. The Balaban J connectivity index is 1.30. The maximum Gasteiger partial charge on any atom is 0.253 e. The number of aliphatic hydroxyl groups is 1. The maximum absolute atomic E-state index is 13.0. The van der Waals surface area contributed by atoms with E-state index in [1.54, 1.807) is 22.5 Å². The van der Waals surface area contributed by atoms with E-state index in [0.717, 1.165) is 30.3 Å². The third-order valence-corrected chi connectivity index (χ3v) is 6.73. The van der Waals surface area contributed by atoms with E-state index in [0.29, 0.717) is 23.8 Å². The van der Waals surface area contributed by atoms with Gasteiger partial charge in [0.15, 0.2) is 0 Å². The van der Waals surface area contributed by atoms with Crippen molar-refractivity contribution in [3.63, 3.8) is 0 Å². The van der Waals surface area contributed by atoms with E-state index < -0.39 is 6.10 Å². The van der Waals surface area contributed by atoms with Crippen molar-refractivity contribution in [1.29, 1.82) is 0 Å². The van der Waals surface area contributed by atoms with Crippen LogP contribution < -0.4 is 10.2 Å². The molecule has 1 saturated heterocycles. The Morgan fingerprint density at radius 2 is 2.00 bits per heavy atom. The van der Waals surface area contributed by atoms with Crippen LogP contribution in [0.1, 0.15) is 23.2 Å². The number of para-hydroxylation sites is 1. The molecule has 1 aromatic carbocycles. The zero-order chi connectivity index (χ0) is 19.8. The summed E-state index contributed by atoms with van der Waals surface area (Å²) in [5, 5.41) is 27.1. The first-order chi connectivity index (χ1) is 14.2. The fraction of sp³-hybridized carbons (Fsp3) is 0.400. The second kappa shape index (κ2) is 7.57. The van der Waals surface area contributed by atoms with Crippen molar-refractivity contribution in [2.45, 2.75) is 25.0 Å². The van der Waals surface area contributed by atoms with Crippen LogP contribution >= 0.6 is 11.3 Å². The lowest BCUT2D eigenvalue weighted by Crippen LogP contribution is -2.49. The van der Waals surface area contributed by atoms with Crippen LogP contribution in [0.2, 0.25) is 0 Å². The molecule has 1 aliphatic heterocycles. The fourth-order valence-corrected chi connectivity index (χ4v) is 5.15. The molecule has 9 heteroatoms. The summed E-state index contributed by atoms with van der Waals surface area (Å²) in [6.45, 7) is 1.78. The van der Waals surface area contributed by atoms with Crippen LogP contribution in [-0.4, -0.2) is 56.2 Å². The van der Waals surface area contributed by atoms with Gasteiger partial charge in [-0.1, -0.05) is 23.5 Å². The van der Waals surface area contributed by atoms with Gasteiger partial charge in [-0.3, -0.25) is 4.79 Å².